The molecule has 1 aliphatic rings. The second kappa shape index (κ2) is 7.48. The van der Waals surface area contributed by atoms with Crippen LogP contribution in [0.4, 0.5) is 23.7 Å². The predicted octanol–water partition coefficient (Wildman–Crippen LogP) is 4.36. The summed E-state index contributed by atoms with van der Waals surface area (Å²) in [5.74, 6) is -3.01. The van der Waals surface area contributed by atoms with E-state index in [1.807, 2.05) is 0 Å². The van der Waals surface area contributed by atoms with Gasteiger partial charge in [-0.15, -0.1) is 0 Å². The molecule has 0 aliphatic carbocycles. The number of nitrogens with one attached hydrogen (secondary N) is 2. The van der Waals surface area contributed by atoms with Crippen molar-refractivity contribution < 1.29 is 27.6 Å². The first-order chi connectivity index (χ1) is 13.9. The van der Waals surface area contributed by atoms with Gasteiger partial charge >= 0.3 is 12.2 Å². The van der Waals surface area contributed by atoms with Gasteiger partial charge in [-0.05, 0) is 55.3 Å². The van der Waals surface area contributed by atoms with Crippen LogP contribution in [-0.2, 0) is 4.79 Å². The Labute approximate surface area is 178 Å². The van der Waals surface area contributed by atoms with Gasteiger partial charge in [0.15, 0.2) is 0 Å². The number of imide groups is 1. The molecule has 1 saturated heterocycles. The summed E-state index contributed by atoms with van der Waals surface area (Å²) in [6.07, 6.45) is -5.34. The van der Waals surface area contributed by atoms with Gasteiger partial charge in [-0.25, -0.2) is 9.69 Å². The van der Waals surface area contributed by atoms with Crippen molar-refractivity contribution in [3.63, 3.8) is 0 Å². The summed E-state index contributed by atoms with van der Waals surface area (Å²) in [6, 6.07) is 6.48. The monoisotopic (exact) mass is 459 g/mol. The molecule has 6 nitrogen and oxygen atoms in total. The molecule has 2 aromatic rings. The van der Waals surface area contributed by atoms with Crippen LogP contribution in [0.1, 0.15) is 21.5 Å². The normalized spacial score (nSPS) is 19.1. The second-order valence-electron chi connectivity index (χ2n) is 6.67. The molecule has 2 N–H and O–H groups in total. The minimum absolute atomic E-state index is 0.0644. The van der Waals surface area contributed by atoms with Gasteiger partial charge in [-0.3, -0.25) is 14.9 Å². The molecule has 4 amide bonds. The summed E-state index contributed by atoms with van der Waals surface area (Å²) in [5.41, 5.74) is -2.60. The average molecular weight is 460 g/mol. The molecule has 1 atom stereocenters. The molecule has 158 valence electrons. The quantitative estimate of drug-likeness (QED) is 0.669. The maximum Gasteiger partial charge on any atom is 0.440 e. The third-order valence-electron chi connectivity index (χ3n) is 4.67. The largest absolute Gasteiger partial charge is 0.440 e. The summed E-state index contributed by atoms with van der Waals surface area (Å²) in [4.78, 5) is 38.1. The summed E-state index contributed by atoms with van der Waals surface area (Å²) in [5, 5.41) is 3.12. The van der Waals surface area contributed by atoms with E-state index in [9.17, 15) is 27.6 Å². The van der Waals surface area contributed by atoms with Gasteiger partial charge in [0.1, 0.15) is 0 Å². The Kier molecular flexibility index (Phi) is 5.46. The fourth-order valence-corrected chi connectivity index (χ4v) is 3.38. The number of aryl methyl sites for hydroxylation is 2. The minimum atomic E-state index is -5.34. The Morgan fingerprint density at radius 2 is 1.73 bits per heavy atom. The van der Waals surface area contributed by atoms with Crippen molar-refractivity contribution in [3.8, 4) is 0 Å². The van der Waals surface area contributed by atoms with Crippen molar-refractivity contribution in [1.29, 1.82) is 0 Å². The number of amides is 4. The molecule has 1 fully saturated rings. The van der Waals surface area contributed by atoms with Gasteiger partial charge in [0.25, 0.3) is 17.5 Å². The minimum Gasteiger partial charge on any atom is -0.314 e. The Hall–Kier alpha value is -2.78. The standard InChI is InChI=1S/C19H14Cl2F3N3O3/c1-9-3-5-12(7-10(9)2)27-16(29)18(19(22,23)24,26-17(27)30)25-15(28)13-6-4-11(20)8-14(13)21/h3-8H,1-2H3,(H,25,28)(H,26,30)/t18-/m0/s1. The van der Waals surface area contributed by atoms with Crippen molar-refractivity contribution in [2.75, 3.05) is 4.90 Å². The van der Waals surface area contributed by atoms with E-state index in [1.54, 1.807) is 30.5 Å². The first-order valence-corrected chi connectivity index (χ1v) is 9.21. The molecule has 0 bridgehead atoms. The Balaban J connectivity index is 2.03. The van der Waals surface area contributed by atoms with Crippen molar-refractivity contribution in [2.24, 2.45) is 0 Å². The van der Waals surface area contributed by atoms with Crippen LogP contribution >= 0.6 is 23.2 Å². The SMILES string of the molecule is Cc1ccc(N2C(=O)N[C@](NC(=O)c3ccc(Cl)cc3Cl)(C(F)(F)F)C2=O)cc1C. The molecule has 0 spiro atoms. The number of benzene rings is 2. The molecule has 1 heterocycles. The molecule has 11 heteroatoms. The fraction of sp³-hybridized carbons (Fsp3) is 0.211. The molecular weight excluding hydrogens is 446 g/mol. The van der Waals surface area contributed by atoms with Crippen molar-refractivity contribution >= 4 is 46.7 Å². The van der Waals surface area contributed by atoms with Gasteiger partial charge in [0, 0.05) is 5.02 Å². The van der Waals surface area contributed by atoms with E-state index < -0.39 is 29.7 Å². The van der Waals surface area contributed by atoms with Crippen LogP contribution in [0.5, 0.6) is 0 Å². The van der Waals surface area contributed by atoms with E-state index in [0.717, 1.165) is 17.7 Å². The van der Waals surface area contributed by atoms with Crippen molar-refractivity contribution in [1.82, 2.24) is 10.6 Å². The number of carbonyl (C=O) groups excluding carboxylic acids is 3. The van der Waals surface area contributed by atoms with Crippen molar-refractivity contribution in [2.45, 2.75) is 25.7 Å². The lowest BCUT2D eigenvalue weighted by Crippen LogP contribution is -2.69. The van der Waals surface area contributed by atoms with E-state index in [1.165, 1.54) is 18.2 Å². The number of nitrogens with zero attached hydrogens (tertiary/aromatic N) is 1. The molecule has 3 rings (SSSR count). The van der Waals surface area contributed by atoms with Crippen LogP contribution in [0.25, 0.3) is 0 Å². The smallest absolute Gasteiger partial charge is 0.314 e. The maximum absolute atomic E-state index is 14.0. The first kappa shape index (κ1) is 21.9. The van der Waals surface area contributed by atoms with Crippen LogP contribution in [0.3, 0.4) is 0 Å². The molecule has 2 aromatic carbocycles. The van der Waals surface area contributed by atoms with Gasteiger partial charge in [0.05, 0.1) is 16.3 Å². The highest BCUT2D eigenvalue weighted by molar-refractivity contribution is 6.37. The van der Waals surface area contributed by atoms with E-state index >= 15 is 0 Å². The van der Waals surface area contributed by atoms with E-state index in [0.29, 0.717) is 10.5 Å². The number of hydrogen-bond donors (Lipinski definition) is 2. The van der Waals surface area contributed by atoms with Crippen LogP contribution in [0.15, 0.2) is 36.4 Å². The third kappa shape index (κ3) is 3.59. The average Bonchev–Trinajstić information content (AvgIpc) is 2.88. The highest BCUT2D eigenvalue weighted by Crippen LogP contribution is 2.36. The lowest BCUT2D eigenvalue weighted by atomic mass is 10.1. The number of carbonyl (C=O) groups is 3. The summed E-state index contributed by atoms with van der Waals surface area (Å²) in [7, 11) is 0. The summed E-state index contributed by atoms with van der Waals surface area (Å²) < 4.78 is 41.9. The highest BCUT2D eigenvalue weighted by Gasteiger charge is 2.69. The summed E-state index contributed by atoms with van der Waals surface area (Å²) >= 11 is 11.6. The summed E-state index contributed by atoms with van der Waals surface area (Å²) in [6.45, 7) is 3.44. The van der Waals surface area contributed by atoms with Crippen LogP contribution in [0, 0.1) is 13.8 Å². The van der Waals surface area contributed by atoms with Gasteiger partial charge in [-0.2, -0.15) is 13.2 Å². The maximum atomic E-state index is 14.0. The van der Waals surface area contributed by atoms with E-state index in [4.69, 9.17) is 23.2 Å². The number of halogens is 5. The van der Waals surface area contributed by atoms with Crippen molar-refractivity contribution in [3.05, 3.63) is 63.1 Å². The highest BCUT2D eigenvalue weighted by atomic mass is 35.5. The second-order valence-corrected chi connectivity index (χ2v) is 7.51. The van der Waals surface area contributed by atoms with E-state index in [-0.39, 0.29) is 21.3 Å². The Morgan fingerprint density at radius 1 is 1.07 bits per heavy atom. The Bertz CT molecular complexity index is 1070. The Morgan fingerprint density at radius 3 is 2.30 bits per heavy atom. The molecule has 0 radical (unpaired) electrons. The first-order valence-electron chi connectivity index (χ1n) is 8.45. The van der Waals surface area contributed by atoms with Gasteiger partial charge < -0.3 is 5.32 Å². The molecule has 30 heavy (non-hydrogen) atoms. The van der Waals surface area contributed by atoms with Crippen LogP contribution < -0.4 is 15.5 Å². The van der Waals surface area contributed by atoms with Crippen LogP contribution in [0.2, 0.25) is 10.0 Å². The number of urea groups is 1. The zero-order valence-electron chi connectivity index (χ0n) is 15.5. The van der Waals surface area contributed by atoms with Gasteiger partial charge in [-0.1, -0.05) is 29.3 Å². The number of alkyl halides is 3. The molecular formula is C19H14Cl2F3N3O3. The fourth-order valence-electron chi connectivity index (χ4n) is 2.89. The lowest BCUT2D eigenvalue weighted by Gasteiger charge is -2.30. The van der Waals surface area contributed by atoms with E-state index in [2.05, 4.69) is 0 Å². The molecule has 1 aliphatic heterocycles. The van der Waals surface area contributed by atoms with Gasteiger partial charge in [0.2, 0.25) is 0 Å². The molecule has 0 unspecified atom stereocenters. The lowest BCUT2D eigenvalue weighted by molar-refractivity contribution is -0.197. The number of hydrogen-bond acceptors (Lipinski definition) is 3. The number of rotatable bonds is 3. The third-order valence-corrected chi connectivity index (χ3v) is 5.22. The number of anilines is 1. The zero-order valence-corrected chi connectivity index (χ0v) is 17.0. The van der Waals surface area contributed by atoms with Crippen LogP contribution in [-0.4, -0.2) is 29.7 Å². The predicted molar refractivity (Wildman–Crippen MR) is 105 cm³/mol. The molecule has 0 aromatic heterocycles. The molecule has 0 saturated carbocycles. The topological polar surface area (TPSA) is 78.5 Å². The zero-order chi connectivity index (χ0) is 22.4.